The first-order valence-corrected chi connectivity index (χ1v) is 6.11. The molecule has 3 nitrogen and oxygen atoms in total. The predicted octanol–water partition coefficient (Wildman–Crippen LogP) is 3.77. The number of hydrogen-bond acceptors (Lipinski definition) is 4. The first-order valence-electron chi connectivity index (χ1n) is 5.28. The van der Waals surface area contributed by atoms with E-state index in [-0.39, 0.29) is 0 Å². The smallest absolute Gasteiger partial charge is 0.134 e. The van der Waals surface area contributed by atoms with Crippen LogP contribution in [0, 0.1) is 6.92 Å². The zero-order valence-electron chi connectivity index (χ0n) is 9.25. The van der Waals surface area contributed by atoms with Gasteiger partial charge in [-0.05, 0) is 24.5 Å². The van der Waals surface area contributed by atoms with Crippen molar-refractivity contribution in [3.05, 3.63) is 47.5 Å². The highest BCUT2D eigenvalue weighted by atomic mass is 32.1. The predicted molar refractivity (Wildman–Crippen MR) is 67.8 cm³/mol. The van der Waals surface area contributed by atoms with Gasteiger partial charge in [0.1, 0.15) is 17.2 Å². The fourth-order valence-electron chi connectivity index (χ4n) is 1.76. The Hall–Kier alpha value is -1.94. The Morgan fingerprint density at radius 1 is 1.18 bits per heavy atom. The van der Waals surface area contributed by atoms with Crippen molar-refractivity contribution in [2.75, 3.05) is 0 Å². The zero-order chi connectivity index (χ0) is 11.7. The van der Waals surface area contributed by atoms with Crippen molar-refractivity contribution in [3.63, 3.8) is 0 Å². The molecular formula is C13H10N2OS. The maximum absolute atomic E-state index is 5.76. The fourth-order valence-corrected chi connectivity index (χ4v) is 2.22. The van der Waals surface area contributed by atoms with Crippen LogP contribution in [0.15, 0.2) is 46.2 Å². The number of benzene rings is 1. The fraction of sp³-hybridized carbons (Fsp3) is 0.0769. The number of hydrogen-bond donors (Lipinski definition) is 0. The number of nitrogens with zero attached hydrogens (tertiary/aromatic N) is 2. The second kappa shape index (κ2) is 4.14. The van der Waals surface area contributed by atoms with Crippen LogP contribution in [0.5, 0.6) is 0 Å². The van der Waals surface area contributed by atoms with Crippen molar-refractivity contribution in [2.24, 2.45) is 0 Å². The third kappa shape index (κ3) is 1.87. The van der Waals surface area contributed by atoms with Crippen LogP contribution in [0.3, 0.4) is 0 Å². The third-order valence-corrected chi connectivity index (χ3v) is 3.12. The molecule has 0 spiro atoms. The van der Waals surface area contributed by atoms with E-state index >= 15 is 0 Å². The molecule has 17 heavy (non-hydrogen) atoms. The van der Waals surface area contributed by atoms with E-state index in [0.717, 1.165) is 28.3 Å². The zero-order valence-corrected chi connectivity index (χ0v) is 10.1. The summed E-state index contributed by atoms with van der Waals surface area (Å²) in [6.45, 7) is 1.95. The quantitative estimate of drug-likeness (QED) is 0.686. The second-order valence-electron chi connectivity index (χ2n) is 3.74. The molecule has 0 unspecified atom stereocenters. The summed E-state index contributed by atoms with van der Waals surface area (Å²) in [5.41, 5.74) is 2.96. The molecule has 0 radical (unpaired) electrons. The van der Waals surface area contributed by atoms with Crippen LogP contribution >= 0.6 is 11.5 Å². The van der Waals surface area contributed by atoms with E-state index in [4.69, 9.17) is 4.42 Å². The molecular weight excluding hydrogens is 232 g/mol. The van der Waals surface area contributed by atoms with E-state index < -0.39 is 0 Å². The molecule has 0 N–H and O–H groups in total. The molecule has 0 fully saturated rings. The van der Waals surface area contributed by atoms with Gasteiger partial charge in [-0.1, -0.05) is 34.8 Å². The molecule has 0 amide bonds. The molecule has 0 atom stereocenters. The highest BCUT2D eigenvalue weighted by Crippen LogP contribution is 2.31. The van der Waals surface area contributed by atoms with Crippen molar-refractivity contribution < 1.29 is 4.42 Å². The Balaban J connectivity index is 2.08. The summed E-state index contributed by atoms with van der Waals surface area (Å²) in [5, 5.41) is 5.99. The Labute approximate surface area is 103 Å². The van der Waals surface area contributed by atoms with Gasteiger partial charge < -0.3 is 4.42 Å². The first-order chi connectivity index (χ1) is 8.34. The van der Waals surface area contributed by atoms with Crippen molar-refractivity contribution in [1.29, 1.82) is 0 Å². The van der Waals surface area contributed by atoms with Gasteiger partial charge in [0, 0.05) is 16.5 Å². The lowest BCUT2D eigenvalue weighted by Gasteiger charge is -1.93. The summed E-state index contributed by atoms with van der Waals surface area (Å²) < 4.78 is 9.63. The van der Waals surface area contributed by atoms with Crippen LogP contribution in [-0.2, 0) is 0 Å². The highest BCUT2D eigenvalue weighted by Gasteiger charge is 2.12. The Kier molecular flexibility index (Phi) is 2.49. The average molecular weight is 242 g/mol. The molecule has 3 rings (SSSR count). The van der Waals surface area contributed by atoms with Gasteiger partial charge in [-0.2, -0.15) is 0 Å². The molecule has 2 aromatic heterocycles. The van der Waals surface area contributed by atoms with Crippen molar-refractivity contribution in [3.8, 4) is 22.6 Å². The summed E-state index contributed by atoms with van der Waals surface area (Å²) >= 11 is 1.35. The number of aryl methyl sites for hydroxylation is 1. The molecule has 0 saturated carbocycles. The van der Waals surface area contributed by atoms with Crippen LogP contribution < -0.4 is 0 Å². The van der Waals surface area contributed by atoms with Gasteiger partial charge in [0.25, 0.3) is 0 Å². The largest absolute Gasteiger partial charge is 0.461 e. The second-order valence-corrected chi connectivity index (χ2v) is 4.35. The van der Waals surface area contributed by atoms with Gasteiger partial charge in [-0.15, -0.1) is 5.10 Å². The molecule has 2 heterocycles. The topological polar surface area (TPSA) is 38.9 Å². The maximum atomic E-state index is 5.76. The van der Waals surface area contributed by atoms with Crippen LogP contribution in [0.4, 0.5) is 0 Å². The molecule has 0 aliphatic heterocycles. The average Bonchev–Trinajstić information content (AvgIpc) is 2.99. The van der Waals surface area contributed by atoms with E-state index in [9.17, 15) is 0 Å². The van der Waals surface area contributed by atoms with Crippen LogP contribution in [0.25, 0.3) is 22.6 Å². The van der Waals surface area contributed by atoms with E-state index in [2.05, 4.69) is 9.59 Å². The van der Waals surface area contributed by atoms with Gasteiger partial charge in [0.05, 0.1) is 0 Å². The molecule has 0 saturated heterocycles. The molecule has 0 aliphatic carbocycles. The molecule has 84 valence electrons. The van der Waals surface area contributed by atoms with Gasteiger partial charge in [0.2, 0.25) is 0 Å². The van der Waals surface area contributed by atoms with Crippen LogP contribution in [0.1, 0.15) is 5.76 Å². The van der Waals surface area contributed by atoms with E-state index in [1.807, 2.05) is 48.7 Å². The van der Waals surface area contributed by atoms with E-state index in [0.29, 0.717) is 0 Å². The lowest BCUT2D eigenvalue weighted by atomic mass is 10.1. The van der Waals surface area contributed by atoms with Crippen molar-refractivity contribution in [2.45, 2.75) is 6.92 Å². The number of aromatic nitrogens is 2. The summed E-state index contributed by atoms with van der Waals surface area (Å²) in [4.78, 5) is 0. The molecule has 4 heteroatoms. The molecule has 1 aromatic carbocycles. The minimum Gasteiger partial charge on any atom is -0.461 e. The van der Waals surface area contributed by atoms with E-state index in [1.54, 1.807) is 0 Å². The standard InChI is InChI=1S/C13H10N2OS/c1-9-11(12-8-17-15-14-12)7-13(16-9)10-5-3-2-4-6-10/h2-8H,1H3. The number of furan rings is 1. The Morgan fingerprint density at radius 3 is 2.71 bits per heavy atom. The monoisotopic (exact) mass is 242 g/mol. The van der Waals surface area contributed by atoms with Gasteiger partial charge in [-0.3, -0.25) is 0 Å². The van der Waals surface area contributed by atoms with Crippen molar-refractivity contribution in [1.82, 2.24) is 9.59 Å². The van der Waals surface area contributed by atoms with Crippen LogP contribution in [-0.4, -0.2) is 9.59 Å². The Morgan fingerprint density at radius 2 is 2.00 bits per heavy atom. The minimum atomic E-state index is 0.867. The summed E-state index contributed by atoms with van der Waals surface area (Å²) in [5.74, 6) is 1.74. The third-order valence-electron chi connectivity index (χ3n) is 2.61. The lowest BCUT2D eigenvalue weighted by Crippen LogP contribution is -1.76. The van der Waals surface area contributed by atoms with Gasteiger partial charge >= 0.3 is 0 Å². The maximum Gasteiger partial charge on any atom is 0.134 e. The normalized spacial score (nSPS) is 10.6. The van der Waals surface area contributed by atoms with Crippen molar-refractivity contribution >= 4 is 11.5 Å². The molecule has 3 aromatic rings. The lowest BCUT2D eigenvalue weighted by molar-refractivity contribution is 0.549. The highest BCUT2D eigenvalue weighted by molar-refractivity contribution is 7.03. The van der Waals surface area contributed by atoms with Gasteiger partial charge in [-0.25, -0.2) is 0 Å². The number of rotatable bonds is 2. The summed E-state index contributed by atoms with van der Waals surface area (Å²) in [6, 6.07) is 12.1. The van der Waals surface area contributed by atoms with Crippen LogP contribution in [0.2, 0.25) is 0 Å². The van der Waals surface area contributed by atoms with E-state index in [1.165, 1.54) is 11.5 Å². The Bertz CT molecular complexity index is 614. The molecule has 0 aliphatic rings. The SMILES string of the molecule is Cc1oc(-c2ccccc2)cc1-c1csnn1. The first kappa shape index (κ1) is 10.2. The summed E-state index contributed by atoms with van der Waals surface area (Å²) in [7, 11) is 0. The minimum absolute atomic E-state index is 0.867. The van der Waals surface area contributed by atoms with Gasteiger partial charge in [0.15, 0.2) is 0 Å². The summed E-state index contributed by atoms with van der Waals surface area (Å²) in [6.07, 6.45) is 0. The molecule has 0 bridgehead atoms.